The zero-order valence-electron chi connectivity index (χ0n) is 17.2. The van der Waals surface area contributed by atoms with Gasteiger partial charge in [0, 0.05) is 27.7 Å². The second-order valence-corrected chi connectivity index (χ2v) is 9.87. The van der Waals surface area contributed by atoms with E-state index >= 15 is 0 Å². The molecule has 0 aromatic heterocycles. The number of carbonyl (C=O) groups excluding carboxylic acids is 1. The van der Waals surface area contributed by atoms with E-state index in [4.69, 9.17) is 23.2 Å². The van der Waals surface area contributed by atoms with E-state index in [1.165, 1.54) is 16.4 Å². The number of hydrogen-bond donors (Lipinski definition) is 1. The Morgan fingerprint density at radius 2 is 1.56 bits per heavy atom. The third-order valence-corrected chi connectivity index (χ3v) is 6.64. The number of halogens is 3. The van der Waals surface area contributed by atoms with Crippen LogP contribution in [0.2, 0.25) is 10.0 Å². The Morgan fingerprint density at radius 1 is 0.969 bits per heavy atom. The molecule has 3 aromatic rings. The summed E-state index contributed by atoms with van der Waals surface area (Å²) in [6.07, 6.45) is 1.65. The molecule has 3 rings (SSSR count). The van der Waals surface area contributed by atoms with Crippen molar-refractivity contribution >= 4 is 44.8 Å². The Bertz CT molecular complexity index is 1180. The van der Waals surface area contributed by atoms with Crippen LogP contribution in [0.5, 0.6) is 0 Å². The highest BCUT2D eigenvalue weighted by Gasteiger charge is 2.21. The minimum Gasteiger partial charge on any atom is -0.352 e. The van der Waals surface area contributed by atoms with Gasteiger partial charge in [-0.3, -0.25) is 9.10 Å². The van der Waals surface area contributed by atoms with Gasteiger partial charge in [-0.15, -0.1) is 0 Å². The number of hydrogen-bond acceptors (Lipinski definition) is 3. The van der Waals surface area contributed by atoms with Gasteiger partial charge in [-0.2, -0.15) is 0 Å². The van der Waals surface area contributed by atoms with Crippen molar-refractivity contribution in [2.45, 2.75) is 13.0 Å². The van der Waals surface area contributed by atoms with Crippen LogP contribution in [0.15, 0.2) is 66.7 Å². The number of amides is 1. The Balaban J connectivity index is 1.70. The van der Waals surface area contributed by atoms with Crippen LogP contribution in [0.25, 0.3) is 0 Å². The van der Waals surface area contributed by atoms with Gasteiger partial charge in [-0.05, 0) is 60.5 Å². The molecule has 0 fully saturated rings. The molecule has 0 radical (unpaired) electrons. The largest absolute Gasteiger partial charge is 0.352 e. The van der Waals surface area contributed by atoms with Gasteiger partial charge in [0.05, 0.1) is 18.5 Å². The lowest BCUT2D eigenvalue weighted by Gasteiger charge is -2.23. The maximum absolute atomic E-state index is 13.0. The monoisotopic (exact) mass is 494 g/mol. The molecule has 9 heteroatoms. The first-order valence-corrected chi connectivity index (χ1v) is 12.3. The molecule has 0 spiro atoms. The van der Waals surface area contributed by atoms with Gasteiger partial charge >= 0.3 is 0 Å². The predicted octanol–water partition coefficient (Wildman–Crippen LogP) is 5.07. The second kappa shape index (κ2) is 10.3. The molecule has 0 bridgehead atoms. The molecule has 32 heavy (non-hydrogen) atoms. The summed E-state index contributed by atoms with van der Waals surface area (Å²) in [5, 5.41) is 3.52. The van der Waals surface area contributed by atoms with Crippen molar-refractivity contribution in [2.75, 3.05) is 17.1 Å². The smallest absolute Gasteiger partial charge is 0.251 e. The zero-order chi connectivity index (χ0) is 23.3. The summed E-state index contributed by atoms with van der Waals surface area (Å²) in [6.45, 7) is 0.341. The third kappa shape index (κ3) is 6.22. The zero-order valence-corrected chi connectivity index (χ0v) is 19.5. The molecule has 0 heterocycles. The topological polar surface area (TPSA) is 66.5 Å². The van der Waals surface area contributed by atoms with E-state index < -0.39 is 10.0 Å². The van der Waals surface area contributed by atoms with Crippen molar-refractivity contribution in [1.82, 2.24) is 5.32 Å². The molecule has 0 atom stereocenters. The Morgan fingerprint density at radius 3 is 2.12 bits per heavy atom. The van der Waals surface area contributed by atoms with Crippen molar-refractivity contribution in [1.29, 1.82) is 0 Å². The van der Waals surface area contributed by atoms with E-state index in [0.717, 1.165) is 11.8 Å². The van der Waals surface area contributed by atoms with Crippen LogP contribution in [-0.4, -0.2) is 27.1 Å². The van der Waals surface area contributed by atoms with E-state index in [0.29, 0.717) is 39.8 Å². The van der Waals surface area contributed by atoms with Gasteiger partial charge in [0.15, 0.2) is 0 Å². The maximum atomic E-state index is 13.0. The number of rotatable bonds is 8. The first-order valence-electron chi connectivity index (χ1n) is 9.68. The lowest BCUT2D eigenvalue weighted by molar-refractivity contribution is 0.0954. The first kappa shape index (κ1) is 24.0. The Kier molecular flexibility index (Phi) is 7.77. The molecule has 168 valence electrons. The molecule has 0 unspecified atom stereocenters. The van der Waals surface area contributed by atoms with Crippen LogP contribution < -0.4 is 9.62 Å². The predicted molar refractivity (Wildman–Crippen MR) is 126 cm³/mol. The fourth-order valence-electron chi connectivity index (χ4n) is 3.08. The van der Waals surface area contributed by atoms with Crippen molar-refractivity contribution in [3.8, 4) is 0 Å². The molecule has 0 saturated heterocycles. The highest BCUT2D eigenvalue weighted by atomic mass is 35.5. The summed E-state index contributed by atoms with van der Waals surface area (Å²) in [4.78, 5) is 12.4. The number of carbonyl (C=O) groups is 1. The van der Waals surface area contributed by atoms with E-state index in [9.17, 15) is 17.6 Å². The summed E-state index contributed by atoms with van der Waals surface area (Å²) in [7, 11) is -3.64. The highest BCUT2D eigenvalue weighted by molar-refractivity contribution is 7.92. The third-order valence-electron chi connectivity index (χ3n) is 4.79. The van der Waals surface area contributed by atoms with Crippen molar-refractivity contribution in [3.63, 3.8) is 0 Å². The fraction of sp³-hybridized carbons (Fsp3) is 0.174. The van der Waals surface area contributed by atoms with Crippen molar-refractivity contribution < 1.29 is 17.6 Å². The van der Waals surface area contributed by atoms with Crippen molar-refractivity contribution in [2.24, 2.45) is 0 Å². The summed E-state index contributed by atoms with van der Waals surface area (Å²) in [6, 6.07) is 17.3. The average Bonchev–Trinajstić information content (AvgIpc) is 2.74. The van der Waals surface area contributed by atoms with Crippen LogP contribution in [0, 0.1) is 5.82 Å². The van der Waals surface area contributed by atoms with Crippen LogP contribution in [0.1, 0.15) is 21.5 Å². The number of sulfonamides is 1. The molecule has 0 aliphatic heterocycles. The number of anilines is 1. The van der Waals surface area contributed by atoms with Gasteiger partial charge in [0.1, 0.15) is 5.82 Å². The van der Waals surface area contributed by atoms with Crippen LogP contribution in [0.4, 0.5) is 10.1 Å². The Labute approximate surface area is 196 Å². The van der Waals surface area contributed by atoms with E-state index in [1.807, 2.05) is 0 Å². The molecular formula is C23H21Cl2FN2O3S. The van der Waals surface area contributed by atoms with Gasteiger partial charge < -0.3 is 5.32 Å². The van der Waals surface area contributed by atoms with Crippen LogP contribution in [-0.2, 0) is 23.0 Å². The SMILES string of the molecule is CS(=O)(=O)N(Cc1c(Cl)cccc1Cl)c1ccc(C(=O)NCCc2ccc(F)cc2)cc1. The molecule has 0 saturated carbocycles. The normalized spacial score (nSPS) is 11.2. The van der Waals surface area contributed by atoms with Gasteiger partial charge in [-0.1, -0.05) is 41.4 Å². The summed E-state index contributed by atoms with van der Waals surface area (Å²) < 4.78 is 39.0. The standard InChI is InChI=1S/C23H21Cl2FN2O3S/c1-32(30,31)28(15-20-21(24)3-2-4-22(20)25)19-11-7-17(8-12-19)23(29)27-14-13-16-5-9-18(26)10-6-16/h2-12H,13-15H2,1H3,(H,27,29). The first-order chi connectivity index (χ1) is 15.1. The number of benzene rings is 3. The molecule has 0 aliphatic rings. The van der Waals surface area contributed by atoms with Gasteiger partial charge in [0.2, 0.25) is 10.0 Å². The minimum atomic E-state index is -3.64. The molecule has 1 amide bonds. The lowest BCUT2D eigenvalue weighted by atomic mass is 10.1. The second-order valence-electron chi connectivity index (χ2n) is 7.15. The maximum Gasteiger partial charge on any atom is 0.251 e. The van der Waals surface area contributed by atoms with Gasteiger partial charge in [-0.25, -0.2) is 12.8 Å². The summed E-state index contributed by atoms with van der Waals surface area (Å²) in [5.41, 5.74) is 2.16. The van der Waals surface area contributed by atoms with Gasteiger partial charge in [0.25, 0.3) is 5.91 Å². The van der Waals surface area contributed by atoms with E-state index in [-0.39, 0.29) is 18.3 Å². The van der Waals surface area contributed by atoms with E-state index in [1.54, 1.807) is 54.6 Å². The summed E-state index contributed by atoms with van der Waals surface area (Å²) in [5.74, 6) is -0.600. The quantitative estimate of drug-likeness (QED) is 0.475. The number of nitrogens with zero attached hydrogens (tertiary/aromatic N) is 1. The van der Waals surface area contributed by atoms with Crippen LogP contribution >= 0.6 is 23.2 Å². The molecule has 1 N–H and O–H groups in total. The molecule has 5 nitrogen and oxygen atoms in total. The number of nitrogens with one attached hydrogen (secondary N) is 1. The fourth-order valence-corrected chi connectivity index (χ4v) is 4.46. The Hall–Kier alpha value is -2.61. The highest BCUT2D eigenvalue weighted by Crippen LogP contribution is 2.29. The molecule has 3 aromatic carbocycles. The molecule has 0 aliphatic carbocycles. The minimum absolute atomic E-state index is 0.0411. The van der Waals surface area contributed by atoms with Crippen molar-refractivity contribution in [3.05, 3.63) is 99.3 Å². The van der Waals surface area contributed by atoms with E-state index in [2.05, 4.69) is 5.32 Å². The van der Waals surface area contributed by atoms with Crippen LogP contribution in [0.3, 0.4) is 0 Å². The molecular weight excluding hydrogens is 474 g/mol. The lowest BCUT2D eigenvalue weighted by Crippen LogP contribution is -2.30. The average molecular weight is 495 g/mol. The summed E-state index contributed by atoms with van der Waals surface area (Å²) >= 11 is 12.4.